The Morgan fingerprint density at radius 1 is 1.25 bits per heavy atom. The molecule has 0 unspecified atom stereocenters. The zero-order valence-electron chi connectivity index (χ0n) is 11.3. The van der Waals surface area contributed by atoms with Crippen LogP contribution in [0.4, 0.5) is 0 Å². The Morgan fingerprint density at radius 3 is 2.75 bits per heavy atom. The summed E-state index contributed by atoms with van der Waals surface area (Å²) in [6.07, 6.45) is 0.881. The first-order chi connectivity index (χ1) is 9.70. The fourth-order valence-corrected chi connectivity index (χ4v) is 2.59. The van der Waals surface area contributed by atoms with Crippen LogP contribution in [0.25, 0.3) is 0 Å². The quantitative estimate of drug-likeness (QED) is 0.796. The van der Waals surface area contributed by atoms with Gasteiger partial charge >= 0.3 is 0 Å². The van der Waals surface area contributed by atoms with Crippen LogP contribution in [0.1, 0.15) is 18.1 Å². The maximum absolute atomic E-state index is 5.79. The van der Waals surface area contributed by atoms with Crippen molar-refractivity contribution in [2.24, 2.45) is 5.73 Å². The number of hydrogen-bond acceptors (Lipinski definition) is 4. The first-order valence-electron chi connectivity index (χ1n) is 6.41. The molecule has 0 saturated heterocycles. The van der Waals surface area contributed by atoms with E-state index in [1.54, 1.807) is 11.3 Å². The van der Waals surface area contributed by atoms with Gasteiger partial charge in [0, 0.05) is 12.0 Å². The Balaban J connectivity index is 2.03. The van der Waals surface area contributed by atoms with Crippen LogP contribution in [0.15, 0.2) is 35.0 Å². The molecule has 0 aliphatic rings. The van der Waals surface area contributed by atoms with E-state index < -0.39 is 0 Å². The molecule has 0 amide bonds. The number of ether oxygens (including phenoxy) is 2. The third-order valence-electron chi connectivity index (χ3n) is 2.76. The molecule has 1 aromatic heterocycles. The molecule has 0 saturated carbocycles. The van der Waals surface area contributed by atoms with Crippen molar-refractivity contribution in [3.8, 4) is 11.5 Å². The topological polar surface area (TPSA) is 44.5 Å². The van der Waals surface area contributed by atoms with Crippen LogP contribution in [0.2, 0.25) is 0 Å². The van der Waals surface area contributed by atoms with Gasteiger partial charge in [0.1, 0.15) is 4.99 Å². The van der Waals surface area contributed by atoms with Crippen LogP contribution in [0.5, 0.6) is 11.5 Å². The van der Waals surface area contributed by atoms with Gasteiger partial charge in [-0.2, -0.15) is 11.3 Å². The van der Waals surface area contributed by atoms with Crippen molar-refractivity contribution in [3.05, 3.63) is 46.2 Å². The van der Waals surface area contributed by atoms with Gasteiger partial charge < -0.3 is 15.2 Å². The van der Waals surface area contributed by atoms with Crippen LogP contribution in [-0.2, 0) is 6.42 Å². The molecule has 3 nitrogen and oxygen atoms in total. The summed E-state index contributed by atoms with van der Waals surface area (Å²) < 4.78 is 11.4. The average molecular weight is 307 g/mol. The van der Waals surface area contributed by atoms with E-state index in [0.29, 0.717) is 24.0 Å². The van der Waals surface area contributed by atoms with Gasteiger partial charge in [0.15, 0.2) is 11.5 Å². The monoisotopic (exact) mass is 307 g/mol. The molecule has 0 aliphatic carbocycles. The second-order valence-corrected chi connectivity index (χ2v) is 5.41. The molecule has 2 aromatic rings. The van der Waals surface area contributed by atoms with E-state index in [9.17, 15) is 0 Å². The van der Waals surface area contributed by atoms with Crippen molar-refractivity contribution in [2.45, 2.75) is 13.3 Å². The zero-order chi connectivity index (χ0) is 14.4. The summed E-state index contributed by atoms with van der Waals surface area (Å²) in [4.78, 5) is 0.357. The van der Waals surface area contributed by atoms with Crippen molar-refractivity contribution < 1.29 is 9.47 Å². The fourth-order valence-electron chi connectivity index (χ4n) is 1.76. The maximum Gasteiger partial charge on any atom is 0.161 e. The van der Waals surface area contributed by atoms with Crippen LogP contribution in [0, 0.1) is 0 Å². The summed E-state index contributed by atoms with van der Waals surface area (Å²) >= 11 is 6.67. The molecule has 0 bridgehead atoms. The second kappa shape index (κ2) is 7.26. The van der Waals surface area contributed by atoms with Crippen molar-refractivity contribution in [2.75, 3.05) is 13.2 Å². The van der Waals surface area contributed by atoms with E-state index in [4.69, 9.17) is 27.4 Å². The minimum Gasteiger partial charge on any atom is -0.490 e. The van der Waals surface area contributed by atoms with Gasteiger partial charge in [-0.05, 0) is 47.5 Å². The molecule has 20 heavy (non-hydrogen) atoms. The Kier molecular flexibility index (Phi) is 5.38. The Labute approximate surface area is 128 Å². The summed E-state index contributed by atoms with van der Waals surface area (Å²) in [5.74, 6) is 1.41. The SMILES string of the molecule is CCOc1cc(C(N)=S)ccc1OCCc1ccsc1. The number of benzene rings is 1. The molecular weight excluding hydrogens is 290 g/mol. The van der Waals surface area contributed by atoms with Crippen LogP contribution in [-0.4, -0.2) is 18.2 Å². The molecule has 5 heteroatoms. The van der Waals surface area contributed by atoms with Crippen molar-refractivity contribution in [1.29, 1.82) is 0 Å². The van der Waals surface area contributed by atoms with Crippen molar-refractivity contribution in [1.82, 2.24) is 0 Å². The predicted molar refractivity (Wildman–Crippen MR) is 87.0 cm³/mol. The second-order valence-electron chi connectivity index (χ2n) is 4.19. The highest BCUT2D eigenvalue weighted by Crippen LogP contribution is 2.28. The van der Waals surface area contributed by atoms with Gasteiger partial charge in [0.2, 0.25) is 0 Å². The van der Waals surface area contributed by atoms with E-state index in [2.05, 4.69) is 16.8 Å². The van der Waals surface area contributed by atoms with Gasteiger partial charge in [0.25, 0.3) is 0 Å². The molecule has 1 heterocycles. The van der Waals surface area contributed by atoms with E-state index in [-0.39, 0.29) is 0 Å². The highest BCUT2D eigenvalue weighted by Gasteiger charge is 2.08. The highest BCUT2D eigenvalue weighted by atomic mass is 32.1. The molecule has 0 spiro atoms. The summed E-state index contributed by atoms with van der Waals surface area (Å²) in [5, 5.41) is 4.20. The lowest BCUT2D eigenvalue weighted by molar-refractivity contribution is 0.279. The van der Waals surface area contributed by atoms with Gasteiger partial charge in [0.05, 0.1) is 13.2 Å². The van der Waals surface area contributed by atoms with Gasteiger partial charge in [-0.1, -0.05) is 12.2 Å². The number of thiophene rings is 1. The molecule has 0 aliphatic heterocycles. The minimum absolute atomic E-state index is 0.357. The molecule has 2 rings (SSSR count). The highest BCUT2D eigenvalue weighted by molar-refractivity contribution is 7.80. The minimum atomic E-state index is 0.357. The van der Waals surface area contributed by atoms with Crippen LogP contribution < -0.4 is 15.2 Å². The number of nitrogens with two attached hydrogens (primary N) is 1. The van der Waals surface area contributed by atoms with Gasteiger partial charge in [-0.15, -0.1) is 0 Å². The molecule has 106 valence electrons. The number of rotatable bonds is 7. The van der Waals surface area contributed by atoms with Gasteiger partial charge in [-0.25, -0.2) is 0 Å². The van der Waals surface area contributed by atoms with E-state index in [1.807, 2.05) is 25.1 Å². The molecule has 2 N–H and O–H groups in total. The molecule has 0 fully saturated rings. The van der Waals surface area contributed by atoms with E-state index >= 15 is 0 Å². The third kappa shape index (κ3) is 3.95. The van der Waals surface area contributed by atoms with Crippen molar-refractivity contribution in [3.63, 3.8) is 0 Å². The van der Waals surface area contributed by atoms with E-state index in [0.717, 1.165) is 17.7 Å². The maximum atomic E-state index is 5.79. The number of hydrogen-bond donors (Lipinski definition) is 1. The smallest absolute Gasteiger partial charge is 0.161 e. The summed E-state index contributed by atoms with van der Waals surface area (Å²) in [6.45, 7) is 3.12. The van der Waals surface area contributed by atoms with Crippen molar-refractivity contribution >= 4 is 28.5 Å². The standard InChI is InChI=1S/C15H17NO2S2/c1-2-17-14-9-12(15(16)19)3-4-13(14)18-7-5-11-6-8-20-10-11/h3-4,6,8-10H,2,5,7H2,1H3,(H2,16,19). The normalized spacial score (nSPS) is 10.2. The zero-order valence-corrected chi connectivity index (χ0v) is 12.9. The Bertz CT molecular complexity index is 567. The number of thiocarbonyl (C=S) groups is 1. The lowest BCUT2D eigenvalue weighted by Crippen LogP contribution is -2.10. The molecular formula is C15H17NO2S2. The molecule has 1 aromatic carbocycles. The third-order valence-corrected chi connectivity index (χ3v) is 3.72. The largest absolute Gasteiger partial charge is 0.490 e. The molecule has 0 atom stereocenters. The lowest BCUT2D eigenvalue weighted by Gasteiger charge is -2.13. The lowest BCUT2D eigenvalue weighted by atomic mass is 10.2. The Hall–Kier alpha value is -1.59. The van der Waals surface area contributed by atoms with Gasteiger partial charge in [-0.3, -0.25) is 0 Å². The van der Waals surface area contributed by atoms with Crippen LogP contribution in [0.3, 0.4) is 0 Å². The summed E-state index contributed by atoms with van der Waals surface area (Å²) in [6, 6.07) is 7.64. The first kappa shape index (κ1) is 14.8. The summed E-state index contributed by atoms with van der Waals surface area (Å²) in [7, 11) is 0. The summed E-state index contributed by atoms with van der Waals surface area (Å²) in [5.41, 5.74) is 7.70. The Morgan fingerprint density at radius 2 is 2.10 bits per heavy atom. The fraction of sp³-hybridized carbons (Fsp3) is 0.267. The predicted octanol–water partition coefficient (Wildman–Crippen LogP) is 3.40. The molecule has 0 radical (unpaired) electrons. The van der Waals surface area contributed by atoms with Crippen LogP contribution >= 0.6 is 23.6 Å². The first-order valence-corrected chi connectivity index (χ1v) is 7.76. The van der Waals surface area contributed by atoms with E-state index in [1.165, 1.54) is 5.56 Å². The average Bonchev–Trinajstić information content (AvgIpc) is 2.93.